The van der Waals surface area contributed by atoms with Gasteiger partial charge in [-0.05, 0) is 37.4 Å². The molecule has 1 unspecified atom stereocenters. The van der Waals surface area contributed by atoms with Gasteiger partial charge in [-0.1, -0.05) is 29.4 Å². The van der Waals surface area contributed by atoms with E-state index in [2.05, 4.69) is 21.4 Å². The van der Waals surface area contributed by atoms with Crippen LogP contribution in [0.3, 0.4) is 0 Å². The molecule has 1 saturated heterocycles. The number of carbonyl (C=O) groups is 1. The highest BCUT2D eigenvalue weighted by atomic mass is 16.5. The van der Waals surface area contributed by atoms with Crippen LogP contribution in [0.1, 0.15) is 40.2 Å². The number of likely N-dealkylation sites (tertiary alicyclic amines) is 1. The maximum Gasteiger partial charge on any atom is 0.290 e. The highest BCUT2D eigenvalue weighted by Crippen LogP contribution is 2.21. The lowest BCUT2D eigenvalue weighted by atomic mass is 10.1. The summed E-state index contributed by atoms with van der Waals surface area (Å²) in [6.07, 6.45) is 2.16. The van der Waals surface area contributed by atoms with Gasteiger partial charge in [-0.15, -0.1) is 0 Å². The second-order valence-corrected chi connectivity index (χ2v) is 6.23. The summed E-state index contributed by atoms with van der Waals surface area (Å²) in [7, 11) is 0. The third-order valence-electron chi connectivity index (χ3n) is 4.49. The Morgan fingerprint density at radius 2 is 2.21 bits per heavy atom. The summed E-state index contributed by atoms with van der Waals surface area (Å²) < 4.78 is 4.98. The number of carbonyl (C=O) groups excluding carboxylic acids is 1. The van der Waals surface area contributed by atoms with Crippen molar-refractivity contribution in [2.24, 2.45) is 0 Å². The number of nitrogens with one attached hydrogen (secondary N) is 1. The van der Waals surface area contributed by atoms with Crippen molar-refractivity contribution in [3.8, 4) is 0 Å². The number of aryl methyl sites for hydroxylation is 1. The third kappa shape index (κ3) is 3.83. The Hall–Kier alpha value is -2.18. The lowest BCUT2D eigenvalue weighted by molar-refractivity contribution is 0.0913. The summed E-state index contributed by atoms with van der Waals surface area (Å²) in [5.41, 5.74) is 2.93. The van der Waals surface area contributed by atoms with Crippen LogP contribution in [0.15, 0.2) is 34.9 Å². The normalized spacial score (nSPS) is 18.0. The van der Waals surface area contributed by atoms with Crippen molar-refractivity contribution in [2.45, 2.75) is 38.9 Å². The molecule has 1 aliphatic rings. The number of hydrogen-bond donors (Lipinski definition) is 2. The molecule has 24 heavy (non-hydrogen) atoms. The first-order valence-corrected chi connectivity index (χ1v) is 8.30. The second-order valence-electron chi connectivity index (χ2n) is 6.23. The third-order valence-corrected chi connectivity index (χ3v) is 4.49. The smallest absolute Gasteiger partial charge is 0.290 e. The molecule has 6 heteroatoms. The molecule has 1 fully saturated rings. The average Bonchev–Trinajstić information content (AvgIpc) is 3.22. The topological polar surface area (TPSA) is 78.6 Å². The maximum atomic E-state index is 12.1. The minimum atomic E-state index is -0.264. The van der Waals surface area contributed by atoms with Crippen molar-refractivity contribution in [1.29, 1.82) is 0 Å². The number of rotatable bonds is 6. The van der Waals surface area contributed by atoms with E-state index in [4.69, 9.17) is 4.52 Å². The van der Waals surface area contributed by atoms with Gasteiger partial charge in [0.15, 0.2) is 0 Å². The van der Waals surface area contributed by atoms with Crippen LogP contribution >= 0.6 is 0 Å². The number of nitrogens with zero attached hydrogens (tertiary/aromatic N) is 2. The number of aromatic nitrogens is 1. The van der Waals surface area contributed by atoms with Crippen molar-refractivity contribution in [1.82, 2.24) is 15.4 Å². The summed E-state index contributed by atoms with van der Waals surface area (Å²) in [6.45, 7) is 4.21. The SMILES string of the molecule is Cc1cc(C(=O)NCc2ccccc2CN2CCCC2CO)on1. The predicted molar refractivity (Wildman–Crippen MR) is 89.4 cm³/mol. The fourth-order valence-electron chi connectivity index (χ4n) is 3.15. The monoisotopic (exact) mass is 329 g/mol. The standard InChI is InChI=1S/C18H23N3O3/c1-13-9-17(24-20-13)18(23)19-10-14-5-2-3-6-15(14)11-21-8-4-7-16(21)12-22/h2-3,5-6,9,16,22H,4,7-8,10-12H2,1H3,(H,19,23). The number of hydrogen-bond acceptors (Lipinski definition) is 5. The van der Waals surface area contributed by atoms with E-state index in [1.165, 1.54) is 5.56 Å². The molecule has 2 heterocycles. The molecular weight excluding hydrogens is 306 g/mol. The second kappa shape index (κ2) is 7.59. The number of aliphatic hydroxyl groups is 1. The lowest BCUT2D eigenvalue weighted by Crippen LogP contribution is -2.32. The molecule has 1 aromatic heterocycles. The van der Waals surface area contributed by atoms with Gasteiger partial charge in [-0.3, -0.25) is 9.69 Å². The molecule has 0 saturated carbocycles. The van der Waals surface area contributed by atoms with Crippen molar-refractivity contribution >= 4 is 5.91 Å². The molecule has 0 spiro atoms. The first-order valence-electron chi connectivity index (χ1n) is 8.30. The molecule has 0 radical (unpaired) electrons. The van der Waals surface area contributed by atoms with Crippen molar-refractivity contribution < 1.29 is 14.4 Å². The van der Waals surface area contributed by atoms with Gasteiger partial charge < -0.3 is 14.9 Å². The van der Waals surface area contributed by atoms with Crippen LogP contribution in [0.25, 0.3) is 0 Å². The Kier molecular flexibility index (Phi) is 5.27. The van der Waals surface area contributed by atoms with E-state index in [9.17, 15) is 9.90 Å². The van der Waals surface area contributed by atoms with Gasteiger partial charge in [0.1, 0.15) is 0 Å². The fourth-order valence-corrected chi connectivity index (χ4v) is 3.15. The van der Waals surface area contributed by atoms with Crippen LogP contribution in [-0.4, -0.2) is 40.3 Å². The van der Waals surface area contributed by atoms with E-state index in [1.54, 1.807) is 13.0 Å². The molecule has 2 N–H and O–H groups in total. The molecule has 1 atom stereocenters. The van der Waals surface area contributed by atoms with Gasteiger partial charge >= 0.3 is 0 Å². The van der Waals surface area contributed by atoms with E-state index in [0.717, 1.165) is 31.5 Å². The zero-order valence-electron chi connectivity index (χ0n) is 13.9. The predicted octanol–water partition coefficient (Wildman–Crippen LogP) is 1.87. The maximum absolute atomic E-state index is 12.1. The molecule has 3 rings (SSSR count). The lowest BCUT2D eigenvalue weighted by Gasteiger charge is -2.24. The Bertz CT molecular complexity index is 698. The van der Waals surface area contributed by atoms with E-state index in [-0.39, 0.29) is 24.3 Å². The van der Waals surface area contributed by atoms with Gasteiger partial charge in [0.2, 0.25) is 5.76 Å². The molecule has 1 aliphatic heterocycles. The molecule has 2 aromatic rings. The van der Waals surface area contributed by atoms with E-state index in [0.29, 0.717) is 12.2 Å². The van der Waals surface area contributed by atoms with Crippen molar-refractivity contribution in [3.05, 3.63) is 52.9 Å². The first-order chi connectivity index (χ1) is 11.7. The van der Waals surface area contributed by atoms with Crippen LogP contribution in [0, 0.1) is 6.92 Å². The highest BCUT2D eigenvalue weighted by molar-refractivity contribution is 5.91. The van der Waals surface area contributed by atoms with Crippen molar-refractivity contribution in [3.63, 3.8) is 0 Å². The Labute approximate surface area is 141 Å². The number of amides is 1. The quantitative estimate of drug-likeness (QED) is 0.846. The van der Waals surface area contributed by atoms with Gasteiger partial charge in [0.25, 0.3) is 5.91 Å². The first kappa shape index (κ1) is 16.7. The number of benzene rings is 1. The average molecular weight is 329 g/mol. The summed E-state index contributed by atoms with van der Waals surface area (Å²) >= 11 is 0. The van der Waals surface area contributed by atoms with Gasteiger partial charge in [0.05, 0.1) is 12.3 Å². The van der Waals surface area contributed by atoms with Gasteiger partial charge in [-0.2, -0.15) is 0 Å². The summed E-state index contributed by atoms with van der Waals surface area (Å²) in [4.78, 5) is 14.4. The Morgan fingerprint density at radius 1 is 1.42 bits per heavy atom. The zero-order chi connectivity index (χ0) is 16.9. The van der Waals surface area contributed by atoms with Crippen LogP contribution in [0.4, 0.5) is 0 Å². The zero-order valence-corrected chi connectivity index (χ0v) is 13.9. The van der Waals surface area contributed by atoms with Crippen LogP contribution in [0.5, 0.6) is 0 Å². The molecule has 1 aromatic carbocycles. The largest absolute Gasteiger partial charge is 0.395 e. The summed E-state index contributed by atoms with van der Waals surface area (Å²) in [5.74, 6) is -0.0373. The van der Waals surface area contributed by atoms with Gasteiger partial charge in [-0.25, -0.2) is 0 Å². The molecule has 128 valence electrons. The molecular formula is C18H23N3O3. The van der Waals surface area contributed by atoms with Crippen LogP contribution < -0.4 is 5.32 Å². The Morgan fingerprint density at radius 3 is 2.92 bits per heavy atom. The minimum absolute atomic E-state index is 0.198. The molecule has 0 aliphatic carbocycles. The van der Waals surface area contributed by atoms with E-state index in [1.807, 2.05) is 18.2 Å². The van der Waals surface area contributed by atoms with E-state index < -0.39 is 0 Å². The molecule has 6 nitrogen and oxygen atoms in total. The summed E-state index contributed by atoms with van der Waals surface area (Å²) in [5, 5.41) is 16.1. The molecule has 1 amide bonds. The van der Waals surface area contributed by atoms with E-state index >= 15 is 0 Å². The minimum Gasteiger partial charge on any atom is -0.395 e. The van der Waals surface area contributed by atoms with Crippen LogP contribution in [-0.2, 0) is 13.1 Å². The van der Waals surface area contributed by atoms with Crippen LogP contribution in [0.2, 0.25) is 0 Å². The Balaban J connectivity index is 1.64. The van der Waals surface area contributed by atoms with Crippen molar-refractivity contribution in [2.75, 3.05) is 13.2 Å². The summed E-state index contributed by atoms with van der Waals surface area (Å²) in [6, 6.07) is 9.93. The molecule has 0 bridgehead atoms. The van der Waals surface area contributed by atoms with Gasteiger partial charge in [0, 0.05) is 25.2 Å². The number of aliphatic hydroxyl groups excluding tert-OH is 1. The fraction of sp³-hybridized carbons (Fsp3) is 0.444. The highest BCUT2D eigenvalue weighted by Gasteiger charge is 2.24.